The van der Waals surface area contributed by atoms with Crippen molar-refractivity contribution in [2.24, 2.45) is 4.99 Å². The first-order chi connectivity index (χ1) is 12.2. The van der Waals surface area contributed by atoms with Gasteiger partial charge in [-0.1, -0.05) is 61.2 Å². The molecule has 132 valence electrons. The van der Waals surface area contributed by atoms with Crippen LogP contribution in [0.4, 0.5) is 0 Å². The van der Waals surface area contributed by atoms with Gasteiger partial charge in [0.2, 0.25) is 0 Å². The molecule has 3 rings (SSSR count). The summed E-state index contributed by atoms with van der Waals surface area (Å²) in [6, 6.07) is 14.5. The van der Waals surface area contributed by atoms with Crippen molar-refractivity contribution < 1.29 is 22.1 Å². The summed E-state index contributed by atoms with van der Waals surface area (Å²) >= 11 is -0.556. The van der Waals surface area contributed by atoms with Gasteiger partial charge in [-0.2, -0.15) is 0 Å². The minimum absolute atomic E-state index is 0.325. The molecule has 1 saturated carbocycles. The summed E-state index contributed by atoms with van der Waals surface area (Å²) in [6.45, 7) is 2.07. The van der Waals surface area contributed by atoms with Crippen molar-refractivity contribution in [2.45, 2.75) is 45.1 Å². The molecule has 2 aromatic carbocycles. The first-order valence-corrected chi connectivity index (χ1v) is 12.8. The summed E-state index contributed by atoms with van der Waals surface area (Å²) in [6.07, 6.45) is 8.09. The maximum atomic E-state index is 10.5. The molecular formula is C20H23Cl2NOTi. The number of halogens is 2. The fourth-order valence-corrected chi connectivity index (χ4v) is 3.05. The van der Waals surface area contributed by atoms with Crippen LogP contribution in [-0.2, 0) is 17.0 Å². The summed E-state index contributed by atoms with van der Waals surface area (Å²) in [7, 11) is 9.78. The molecule has 0 aliphatic heterocycles. The van der Waals surface area contributed by atoms with Crippen LogP contribution in [-0.4, -0.2) is 17.4 Å². The Kier molecular flexibility index (Phi) is 9.05. The van der Waals surface area contributed by atoms with Gasteiger partial charge in [0.25, 0.3) is 0 Å². The van der Waals surface area contributed by atoms with E-state index in [-0.39, 0.29) is 0 Å². The number of hydrogen-bond acceptors (Lipinski definition) is 2. The van der Waals surface area contributed by atoms with Crippen LogP contribution in [0.2, 0.25) is 0 Å². The van der Waals surface area contributed by atoms with E-state index >= 15 is 0 Å². The second-order valence-electron chi connectivity index (χ2n) is 6.25. The molecule has 0 radical (unpaired) electrons. The SMILES string of the molecule is Cc1ccc(-c2cccc(C=NC3CCCCC3)c2O)cc1.[Cl][Ti][Cl]. The van der Waals surface area contributed by atoms with E-state index in [0.717, 1.165) is 16.7 Å². The molecule has 0 spiro atoms. The Labute approximate surface area is 167 Å². The van der Waals surface area contributed by atoms with Crippen molar-refractivity contribution >= 4 is 24.8 Å². The van der Waals surface area contributed by atoms with E-state index in [1.807, 2.05) is 36.5 Å². The zero-order chi connectivity index (χ0) is 18.1. The van der Waals surface area contributed by atoms with Gasteiger partial charge in [-0.3, -0.25) is 4.99 Å². The number of nitrogens with zero attached hydrogens (tertiary/aromatic N) is 1. The van der Waals surface area contributed by atoms with Crippen molar-refractivity contribution in [3.63, 3.8) is 0 Å². The van der Waals surface area contributed by atoms with E-state index in [1.165, 1.54) is 37.7 Å². The average Bonchev–Trinajstić information content (AvgIpc) is 2.63. The first-order valence-electron chi connectivity index (χ1n) is 8.54. The summed E-state index contributed by atoms with van der Waals surface area (Å²) in [4.78, 5) is 4.68. The van der Waals surface area contributed by atoms with E-state index in [9.17, 15) is 5.11 Å². The third-order valence-corrected chi connectivity index (χ3v) is 4.43. The Hall–Kier alpha value is -0.796. The topological polar surface area (TPSA) is 32.6 Å². The first kappa shape index (κ1) is 20.5. The van der Waals surface area contributed by atoms with Crippen molar-refractivity contribution in [3.05, 3.63) is 53.6 Å². The molecule has 2 aromatic rings. The normalized spacial score (nSPS) is 14.8. The summed E-state index contributed by atoms with van der Waals surface area (Å²) in [5, 5.41) is 10.5. The molecule has 1 N–H and O–H groups in total. The molecule has 2 nitrogen and oxygen atoms in total. The Morgan fingerprint density at radius 2 is 1.68 bits per heavy atom. The number of benzene rings is 2. The van der Waals surface area contributed by atoms with E-state index in [0.29, 0.717) is 11.8 Å². The second-order valence-corrected chi connectivity index (χ2v) is 8.83. The molecule has 0 aromatic heterocycles. The van der Waals surface area contributed by atoms with Gasteiger partial charge in [0.1, 0.15) is 5.75 Å². The number of hydrogen-bond donors (Lipinski definition) is 1. The van der Waals surface area contributed by atoms with E-state index in [2.05, 4.69) is 24.0 Å². The zero-order valence-electron chi connectivity index (χ0n) is 14.4. The fraction of sp³-hybridized carbons (Fsp3) is 0.350. The van der Waals surface area contributed by atoms with Crippen LogP contribution in [0.25, 0.3) is 11.1 Å². The molecule has 0 saturated heterocycles. The van der Waals surface area contributed by atoms with Crippen molar-refractivity contribution in [3.8, 4) is 16.9 Å². The standard InChI is InChI=1S/C20H23NO.2ClH.Ti/c1-15-10-12-16(13-11-15)19-9-5-6-17(20(19)22)14-21-18-7-3-2-4-8-18;;;/h5-6,9-14,18,22H,2-4,7-8H2,1H3;2*1H;/q;;;+2/p-2. The Morgan fingerprint density at radius 1 is 1.04 bits per heavy atom. The number of aryl methyl sites for hydroxylation is 1. The average molecular weight is 412 g/mol. The predicted molar refractivity (Wildman–Crippen MR) is 104 cm³/mol. The molecule has 1 aliphatic rings. The summed E-state index contributed by atoms with van der Waals surface area (Å²) in [5.74, 6) is 0.325. The zero-order valence-corrected chi connectivity index (χ0v) is 17.5. The van der Waals surface area contributed by atoms with Crippen molar-refractivity contribution in [1.82, 2.24) is 0 Å². The fourth-order valence-electron chi connectivity index (χ4n) is 3.05. The predicted octanol–water partition coefficient (Wildman–Crippen LogP) is 6.50. The molecule has 0 bridgehead atoms. The molecule has 0 unspecified atom stereocenters. The molecule has 1 aliphatic carbocycles. The van der Waals surface area contributed by atoms with Crippen LogP contribution in [0.5, 0.6) is 5.75 Å². The molecule has 1 fully saturated rings. The van der Waals surface area contributed by atoms with Gasteiger partial charge in [-0.15, -0.1) is 0 Å². The Balaban J connectivity index is 0.000000701. The molecule has 0 heterocycles. The van der Waals surface area contributed by atoms with Gasteiger partial charge < -0.3 is 5.11 Å². The molecule has 0 amide bonds. The quantitative estimate of drug-likeness (QED) is 0.453. The van der Waals surface area contributed by atoms with Crippen LogP contribution in [0.1, 0.15) is 43.2 Å². The van der Waals surface area contributed by atoms with Crippen LogP contribution < -0.4 is 0 Å². The van der Waals surface area contributed by atoms with Crippen LogP contribution in [0.15, 0.2) is 47.5 Å². The van der Waals surface area contributed by atoms with Crippen LogP contribution in [0.3, 0.4) is 0 Å². The second kappa shape index (κ2) is 11.0. The number of aliphatic imine (C=N–C) groups is 1. The van der Waals surface area contributed by atoms with Gasteiger partial charge in [-0.25, -0.2) is 0 Å². The Morgan fingerprint density at radius 3 is 2.32 bits per heavy atom. The number of rotatable bonds is 3. The summed E-state index contributed by atoms with van der Waals surface area (Å²) in [5.41, 5.74) is 3.94. The summed E-state index contributed by atoms with van der Waals surface area (Å²) < 4.78 is 0. The van der Waals surface area contributed by atoms with Gasteiger partial charge in [0, 0.05) is 23.4 Å². The number of phenolic OH excluding ortho intramolecular Hbond substituents is 1. The van der Waals surface area contributed by atoms with E-state index in [1.54, 1.807) is 0 Å². The monoisotopic (exact) mass is 411 g/mol. The number of phenols is 1. The van der Waals surface area contributed by atoms with Crippen LogP contribution in [0, 0.1) is 6.92 Å². The third kappa shape index (κ3) is 6.45. The molecule has 0 atom stereocenters. The van der Waals surface area contributed by atoms with Crippen LogP contribution >= 0.6 is 18.6 Å². The van der Waals surface area contributed by atoms with Gasteiger partial charge in [-0.05, 0) is 31.4 Å². The molecule has 5 heteroatoms. The van der Waals surface area contributed by atoms with Gasteiger partial charge in [0.05, 0.1) is 0 Å². The van der Waals surface area contributed by atoms with Crippen molar-refractivity contribution in [1.29, 1.82) is 0 Å². The van der Waals surface area contributed by atoms with E-state index < -0.39 is 17.0 Å². The molecule has 25 heavy (non-hydrogen) atoms. The third-order valence-electron chi connectivity index (χ3n) is 4.43. The Bertz CT molecular complexity index is 683. The van der Waals surface area contributed by atoms with Gasteiger partial charge in [0.15, 0.2) is 0 Å². The number of para-hydroxylation sites is 1. The number of aromatic hydroxyl groups is 1. The minimum atomic E-state index is -0.556. The maximum absolute atomic E-state index is 10.5. The van der Waals surface area contributed by atoms with Gasteiger partial charge >= 0.3 is 35.6 Å². The molecular weight excluding hydrogens is 389 g/mol. The van der Waals surface area contributed by atoms with E-state index in [4.69, 9.17) is 18.6 Å². The van der Waals surface area contributed by atoms with Crippen molar-refractivity contribution in [2.75, 3.05) is 0 Å².